The molecule has 1 aliphatic carbocycles. The third-order valence-electron chi connectivity index (χ3n) is 5.36. The first-order valence-corrected chi connectivity index (χ1v) is 10.0. The molecular weight excluding hydrogens is 411 g/mol. The van der Waals surface area contributed by atoms with Gasteiger partial charge in [-0.25, -0.2) is 0 Å². The number of rotatable bonds is 8. The standard InChI is InChI=1S/C23H24F3NO4/c1-3-27(22(30)14-8-9-14)13-15-6-4-5-7-17(15)18-10-16(11-21(28)29)19(23(24,25)26)12-20(18)31-2/h4-7,10,12,14H,3,8-9,11,13H2,1-2H3,(H,28,29). The Hall–Kier alpha value is -3.03. The average molecular weight is 435 g/mol. The Balaban J connectivity index is 2.09. The fraction of sp³-hybridized carbons (Fsp3) is 0.391. The zero-order valence-electron chi connectivity index (χ0n) is 17.3. The molecule has 166 valence electrons. The Bertz CT molecular complexity index is 983. The first-order chi connectivity index (χ1) is 14.7. The first-order valence-electron chi connectivity index (χ1n) is 10.0. The molecule has 0 unspecified atom stereocenters. The highest BCUT2D eigenvalue weighted by molar-refractivity contribution is 5.82. The number of aliphatic carboxylic acids is 1. The fourth-order valence-corrected chi connectivity index (χ4v) is 3.64. The predicted octanol–water partition coefficient (Wildman–Crippen LogP) is 4.77. The van der Waals surface area contributed by atoms with Crippen molar-refractivity contribution in [3.8, 4) is 16.9 Å². The van der Waals surface area contributed by atoms with Gasteiger partial charge in [-0.3, -0.25) is 9.59 Å². The molecule has 0 spiro atoms. The number of methoxy groups -OCH3 is 1. The SMILES string of the molecule is CCN(Cc1ccccc1-c1cc(CC(=O)O)c(C(F)(F)F)cc1OC)C(=O)C1CC1. The number of benzene rings is 2. The molecule has 2 aromatic carbocycles. The minimum atomic E-state index is -4.72. The van der Waals surface area contributed by atoms with E-state index in [-0.39, 0.29) is 23.1 Å². The lowest BCUT2D eigenvalue weighted by Gasteiger charge is -2.24. The second-order valence-corrected chi connectivity index (χ2v) is 7.56. The topological polar surface area (TPSA) is 66.8 Å². The Morgan fingerprint density at radius 3 is 2.35 bits per heavy atom. The van der Waals surface area contributed by atoms with Gasteiger partial charge in [-0.1, -0.05) is 24.3 Å². The number of halogens is 3. The van der Waals surface area contributed by atoms with Gasteiger partial charge >= 0.3 is 12.1 Å². The van der Waals surface area contributed by atoms with Gasteiger partial charge in [0.25, 0.3) is 0 Å². The van der Waals surface area contributed by atoms with Crippen molar-refractivity contribution >= 4 is 11.9 Å². The van der Waals surface area contributed by atoms with E-state index < -0.39 is 24.1 Å². The summed E-state index contributed by atoms with van der Waals surface area (Å²) in [6.45, 7) is 2.70. The van der Waals surface area contributed by atoms with Crippen LogP contribution in [0.1, 0.15) is 36.5 Å². The van der Waals surface area contributed by atoms with Crippen molar-refractivity contribution in [2.45, 2.75) is 38.9 Å². The van der Waals surface area contributed by atoms with E-state index in [2.05, 4.69) is 0 Å². The van der Waals surface area contributed by atoms with Gasteiger partial charge in [0, 0.05) is 24.6 Å². The summed E-state index contributed by atoms with van der Waals surface area (Å²) in [5.41, 5.74) is 0.329. The molecule has 0 aromatic heterocycles. The number of hydrogen-bond donors (Lipinski definition) is 1. The van der Waals surface area contributed by atoms with Gasteiger partial charge < -0.3 is 14.7 Å². The molecule has 1 fully saturated rings. The summed E-state index contributed by atoms with van der Waals surface area (Å²) in [5.74, 6) is -1.24. The third-order valence-corrected chi connectivity index (χ3v) is 5.36. The van der Waals surface area contributed by atoms with Crippen molar-refractivity contribution in [1.82, 2.24) is 4.90 Å². The normalized spacial score (nSPS) is 13.7. The number of carbonyl (C=O) groups excluding carboxylic acids is 1. The minimum absolute atomic E-state index is 0.00881. The summed E-state index contributed by atoms with van der Waals surface area (Å²) >= 11 is 0. The number of carboxylic acids is 1. The van der Waals surface area contributed by atoms with Crippen LogP contribution in [0.2, 0.25) is 0 Å². The molecule has 1 aliphatic rings. The molecule has 2 aromatic rings. The summed E-state index contributed by atoms with van der Waals surface area (Å²) in [5, 5.41) is 9.13. The lowest BCUT2D eigenvalue weighted by Crippen LogP contribution is -2.31. The van der Waals surface area contributed by atoms with Crippen LogP contribution in [0, 0.1) is 5.92 Å². The van der Waals surface area contributed by atoms with Crippen molar-refractivity contribution in [1.29, 1.82) is 0 Å². The van der Waals surface area contributed by atoms with Crippen LogP contribution in [0.15, 0.2) is 36.4 Å². The molecule has 5 nitrogen and oxygen atoms in total. The van der Waals surface area contributed by atoms with Gasteiger partial charge in [-0.15, -0.1) is 0 Å². The van der Waals surface area contributed by atoms with Crippen molar-refractivity contribution in [2.24, 2.45) is 5.92 Å². The maximum absolute atomic E-state index is 13.5. The summed E-state index contributed by atoms with van der Waals surface area (Å²) in [6.07, 6.45) is -3.73. The van der Waals surface area contributed by atoms with Crippen LogP contribution >= 0.6 is 0 Å². The monoisotopic (exact) mass is 435 g/mol. The maximum Gasteiger partial charge on any atom is 0.416 e. The second kappa shape index (κ2) is 8.99. The molecule has 3 rings (SSSR count). The molecule has 1 amide bonds. The number of carboxylic acid groups (broad SMARTS) is 1. The van der Waals surface area contributed by atoms with Gasteiger partial charge in [0.05, 0.1) is 19.1 Å². The first kappa shape index (κ1) is 22.7. The van der Waals surface area contributed by atoms with Crippen LogP contribution in [0.5, 0.6) is 5.75 Å². The Morgan fingerprint density at radius 1 is 1.13 bits per heavy atom. The quantitative estimate of drug-likeness (QED) is 0.649. The fourth-order valence-electron chi connectivity index (χ4n) is 3.64. The highest BCUT2D eigenvalue weighted by Crippen LogP contribution is 2.41. The van der Waals surface area contributed by atoms with Crippen molar-refractivity contribution in [3.05, 3.63) is 53.1 Å². The molecule has 0 saturated heterocycles. The van der Waals surface area contributed by atoms with E-state index in [9.17, 15) is 22.8 Å². The third kappa shape index (κ3) is 5.18. The summed E-state index contributed by atoms with van der Waals surface area (Å²) in [4.78, 5) is 25.5. The van der Waals surface area contributed by atoms with Gasteiger partial charge in [0.15, 0.2) is 0 Å². The predicted molar refractivity (Wildman–Crippen MR) is 109 cm³/mol. The van der Waals surface area contributed by atoms with E-state index >= 15 is 0 Å². The van der Waals surface area contributed by atoms with Crippen LogP contribution in [-0.2, 0) is 28.7 Å². The van der Waals surface area contributed by atoms with Crippen molar-refractivity contribution in [2.75, 3.05) is 13.7 Å². The highest BCUT2D eigenvalue weighted by Gasteiger charge is 2.36. The van der Waals surface area contributed by atoms with Gasteiger partial charge in [0.2, 0.25) is 5.91 Å². The largest absolute Gasteiger partial charge is 0.496 e. The summed E-state index contributed by atoms with van der Waals surface area (Å²) in [6, 6.07) is 9.16. The molecule has 0 bridgehead atoms. The zero-order chi connectivity index (χ0) is 22.8. The van der Waals surface area contributed by atoms with E-state index in [0.717, 1.165) is 24.5 Å². The van der Waals surface area contributed by atoms with Crippen LogP contribution in [0.4, 0.5) is 13.2 Å². The maximum atomic E-state index is 13.5. The van der Waals surface area contributed by atoms with E-state index in [4.69, 9.17) is 9.84 Å². The Labute approximate surface area is 178 Å². The molecule has 8 heteroatoms. The van der Waals surface area contributed by atoms with E-state index in [1.54, 1.807) is 23.1 Å². The molecule has 0 aliphatic heterocycles. The molecule has 1 saturated carbocycles. The Morgan fingerprint density at radius 2 is 1.81 bits per heavy atom. The van der Waals surface area contributed by atoms with Crippen molar-refractivity contribution < 1.29 is 32.6 Å². The molecule has 1 N–H and O–H groups in total. The van der Waals surface area contributed by atoms with E-state index in [1.165, 1.54) is 13.2 Å². The smallest absolute Gasteiger partial charge is 0.416 e. The number of nitrogens with zero attached hydrogens (tertiary/aromatic N) is 1. The van der Waals surface area contributed by atoms with Crippen LogP contribution in [0.3, 0.4) is 0 Å². The number of hydrogen-bond acceptors (Lipinski definition) is 3. The van der Waals surface area contributed by atoms with Crippen LogP contribution < -0.4 is 4.74 Å². The van der Waals surface area contributed by atoms with Gasteiger partial charge in [-0.05, 0) is 48.6 Å². The average Bonchev–Trinajstić information content (AvgIpc) is 3.55. The molecule has 0 atom stereocenters. The van der Waals surface area contributed by atoms with Gasteiger partial charge in [0.1, 0.15) is 5.75 Å². The van der Waals surface area contributed by atoms with Crippen molar-refractivity contribution in [3.63, 3.8) is 0 Å². The summed E-state index contributed by atoms with van der Waals surface area (Å²) < 4.78 is 45.8. The van der Waals surface area contributed by atoms with Gasteiger partial charge in [-0.2, -0.15) is 13.2 Å². The molecule has 0 radical (unpaired) electrons. The number of carbonyl (C=O) groups is 2. The van der Waals surface area contributed by atoms with E-state index in [1.807, 2.05) is 13.0 Å². The molecule has 0 heterocycles. The van der Waals surface area contributed by atoms with Crippen LogP contribution in [0.25, 0.3) is 11.1 Å². The lowest BCUT2D eigenvalue weighted by molar-refractivity contribution is -0.140. The number of ether oxygens (including phenoxy) is 1. The zero-order valence-corrected chi connectivity index (χ0v) is 17.3. The molecular formula is C23H24F3NO4. The highest BCUT2D eigenvalue weighted by atomic mass is 19.4. The minimum Gasteiger partial charge on any atom is -0.496 e. The second-order valence-electron chi connectivity index (χ2n) is 7.56. The van der Waals surface area contributed by atoms with E-state index in [0.29, 0.717) is 24.2 Å². The summed E-state index contributed by atoms with van der Waals surface area (Å²) in [7, 11) is 1.27. The van der Waals surface area contributed by atoms with Crippen LogP contribution in [-0.4, -0.2) is 35.5 Å². The number of amides is 1. The number of alkyl halides is 3. The molecule has 31 heavy (non-hydrogen) atoms. The lowest BCUT2D eigenvalue weighted by atomic mass is 9.93. The Kier molecular flexibility index (Phi) is 6.57.